The molecule has 0 unspecified atom stereocenters. The highest BCUT2D eigenvalue weighted by atomic mass is 16.3. The number of hydrogen-bond donors (Lipinski definition) is 2. The van der Waals surface area contributed by atoms with E-state index in [4.69, 9.17) is 0 Å². The van der Waals surface area contributed by atoms with Gasteiger partial charge in [-0.25, -0.2) is 0 Å². The quantitative estimate of drug-likeness (QED) is 0.856. The molecule has 0 fully saturated rings. The molecule has 3 heteroatoms. The van der Waals surface area contributed by atoms with Crippen molar-refractivity contribution in [2.24, 2.45) is 0 Å². The Hall–Kier alpha value is -2.13. The van der Waals surface area contributed by atoms with E-state index in [0.717, 1.165) is 11.1 Å². The van der Waals surface area contributed by atoms with Crippen LogP contribution in [0.1, 0.15) is 30.4 Å². The minimum absolute atomic E-state index is 0.0834. The van der Waals surface area contributed by atoms with Crippen LogP contribution < -0.4 is 5.32 Å². The number of rotatable bonds is 6. The first-order valence-corrected chi connectivity index (χ1v) is 7.28. The summed E-state index contributed by atoms with van der Waals surface area (Å²) in [6, 6.07) is 19.4. The Morgan fingerprint density at radius 3 is 1.90 bits per heavy atom. The fourth-order valence-electron chi connectivity index (χ4n) is 2.25. The summed E-state index contributed by atoms with van der Waals surface area (Å²) < 4.78 is 0. The smallest absolute Gasteiger partial charge is 0.232 e. The predicted molar refractivity (Wildman–Crippen MR) is 84.0 cm³/mol. The average molecular weight is 283 g/mol. The monoisotopic (exact) mass is 283 g/mol. The summed E-state index contributed by atoms with van der Waals surface area (Å²) in [5, 5.41) is 12.5. The molecule has 0 aliphatic carbocycles. The van der Waals surface area contributed by atoms with Gasteiger partial charge in [0.1, 0.15) is 0 Å². The van der Waals surface area contributed by atoms with Crippen LogP contribution >= 0.6 is 0 Å². The van der Waals surface area contributed by atoms with Crippen LogP contribution in [0.15, 0.2) is 60.7 Å². The largest absolute Gasteiger partial charge is 0.391 e. The molecule has 0 aromatic heterocycles. The van der Waals surface area contributed by atoms with Gasteiger partial charge in [0.2, 0.25) is 5.91 Å². The van der Waals surface area contributed by atoms with Crippen molar-refractivity contribution in [1.29, 1.82) is 0 Å². The fourth-order valence-corrected chi connectivity index (χ4v) is 2.25. The van der Waals surface area contributed by atoms with E-state index in [9.17, 15) is 9.90 Å². The normalized spacial score (nSPS) is 12.1. The number of carbonyl (C=O) groups is 1. The first-order chi connectivity index (χ1) is 10.2. The average Bonchev–Trinajstić information content (AvgIpc) is 2.55. The number of carbonyl (C=O) groups excluding carboxylic acids is 1. The third-order valence-corrected chi connectivity index (χ3v) is 3.51. The van der Waals surface area contributed by atoms with Crippen molar-refractivity contribution in [2.45, 2.75) is 25.4 Å². The summed E-state index contributed by atoms with van der Waals surface area (Å²) in [7, 11) is 0. The van der Waals surface area contributed by atoms with Crippen LogP contribution in [0.5, 0.6) is 0 Å². The maximum atomic E-state index is 12.5. The van der Waals surface area contributed by atoms with Crippen LogP contribution in [0.2, 0.25) is 0 Å². The van der Waals surface area contributed by atoms with E-state index in [0.29, 0.717) is 6.42 Å². The first kappa shape index (κ1) is 15.3. The lowest BCUT2D eigenvalue weighted by atomic mass is 9.90. The van der Waals surface area contributed by atoms with Gasteiger partial charge in [-0.05, 0) is 17.5 Å². The summed E-state index contributed by atoms with van der Waals surface area (Å²) in [4.78, 5) is 12.5. The van der Waals surface area contributed by atoms with Gasteiger partial charge in [0, 0.05) is 6.54 Å². The van der Waals surface area contributed by atoms with Crippen LogP contribution in [0.4, 0.5) is 0 Å². The zero-order valence-corrected chi connectivity index (χ0v) is 12.2. The van der Waals surface area contributed by atoms with Gasteiger partial charge in [-0.15, -0.1) is 0 Å². The van der Waals surface area contributed by atoms with Gasteiger partial charge in [-0.3, -0.25) is 4.79 Å². The van der Waals surface area contributed by atoms with Gasteiger partial charge in [0.05, 0.1) is 12.0 Å². The number of hydrogen-bond acceptors (Lipinski definition) is 2. The molecule has 0 saturated heterocycles. The molecular weight excluding hydrogens is 262 g/mol. The summed E-state index contributed by atoms with van der Waals surface area (Å²) in [5.41, 5.74) is 1.90. The molecule has 2 aromatic carbocycles. The lowest BCUT2D eigenvalue weighted by Gasteiger charge is -2.19. The van der Waals surface area contributed by atoms with E-state index in [2.05, 4.69) is 5.32 Å². The molecule has 0 saturated carbocycles. The van der Waals surface area contributed by atoms with Gasteiger partial charge in [0.15, 0.2) is 0 Å². The number of aliphatic hydroxyl groups is 1. The van der Waals surface area contributed by atoms with E-state index >= 15 is 0 Å². The lowest BCUT2D eigenvalue weighted by Crippen LogP contribution is -2.35. The van der Waals surface area contributed by atoms with Gasteiger partial charge in [-0.2, -0.15) is 0 Å². The van der Waals surface area contributed by atoms with Gasteiger partial charge >= 0.3 is 0 Å². The highest BCUT2D eigenvalue weighted by Gasteiger charge is 2.22. The van der Waals surface area contributed by atoms with Crippen LogP contribution in [-0.4, -0.2) is 23.7 Å². The van der Waals surface area contributed by atoms with Crippen molar-refractivity contribution < 1.29 is 9.90 Å². The molecular formula is C18H21NO2. The molecule has 2 rings (SSSR count). The van der Waals surface area contributed by atoms with E-state index in [1.165, 1.54) is 0 Å². The summed E-state index contributed by atoms with van der Waals surface area (Å²) in [6.07, 6.45) is 0.128. The van der Waals surface area contributed by atoms with E-state index < -0.39 is 6.10 Å². The summed E-state index contributed by atoms with van der Waals surface area (Å²) >= 11 is 0. The van der Waals surface area contributed by atoms with Crippen molar-refractivity contribution in [3.63, 3.8) is 0 Å². The molecule has 1 atom stereocenters. The molecule has 0 aliphatic heterocycles. The van der Waals surface area contributed by atoms with Crippen LogP contribution in [0, 0.1) is 0 Å². The second-order valence-electron chi connectivity index (χ2n) is 5.06. The molecule has 0 aliphatic rings. The Balaban J connectivity index is 2.23. The summed E-state index contributed by atoms with van der Waals surface area (Å²) in [6.45, 7) is 2.17. The Labute approximate surface area is 125 Å². The Bertz CT molecular complexity index is 514. The molecule has 2 N–H and O–H groups in total. The molecule has 0 heterocycles. The molecule has 21 heavy (non-hydrogen) atoms. The van der Waals surface area contributed by atoms with E-state index in [1.54, 1.807) is 0 Å². The minimum Gasteiger partial charge on any atom is -0.391 e. The third-order valence-electron chi connectivity index (χ3n) is 3.51. The SMILES string of the molecule is CC[C@H](O)CNC(=O)C(c1ccccc1)c1ccccc1. The standard InChI is InChI=1S/C18H21NO2/c1-2-16(20)13-19-18(21)17(14-9-5-3-6-10-14)15-11-7-4-8-12-15/h3-12,16-17,20H,2,13H2,1H3,(H,19,21)/t16-/m0/s1. The maximum Gasteiger partial charge on any atom is 0.232 e. The van der Waals surface area contributed by atoms with E-state index in [1.807, 2.05) is 67.6 Å². The highest BCUT2D eigenvalue weighted by molar-refractivity contribution is 5.87. The molecule has 2 aromatic rings. The predicted octanol–water partition coefficient (Wildman–Crippen LogP) is 2.71. The number of nitrogens with one attached hydrogen (secondary N) is 1. The molecule has 3 nitrogen and oxygen atoms in total. The van der Waals surface area contributed by atoms with Crippen molar-refractivity contribution >= 4 is 5.91 Å². The Morgan fingerprint density at radius 2 is 1.48 bits per heavy atom. The Kier molecular flexibility index (Phi) is 5.52. The molecule has 0 spiro atoms. The second kappa shape index (κ2) is 7.60. The highest BCUT2D eigenvalue weighted by Crippen LogP contribution is 2.24. The van der Waals surface area contributed by atoms with Crippen molar-refractivity contribution in [1.82, 2.24) is 5.32 Å². The zero-order valence-electron chi connectivity index (χ0n) is 12.2. The number of amides is 1. The third kappa shape index (κ3) is 4.17. The number of benzene rings is 2. The number of aliphatic hydroxyl groups excluding tert-OH is 1. The molecule has 110 valence electrons. The summed E-state index contributed by atoms with van der Waals surface area (Å²) in [5.74, 6) is -0.434. The van der Waals surface area contributed by atoms with Gasteiger partial charge < -0.3 is 10.4 Å². The topological polar surface area (TPSA) is 49.3 Å². The van der Waals surface area contributed by atoms with Crippen LogP contribution in [0.3, 0.4) is 0 Å². The zero-order chi connectivity index (χ0) is 15.1. The lowest BCUT2D eigenvalue weighted by molar-refractivity contribution is -0.122. The fraction of sp³-hybridized carbons (Fsp3) is 0.278. The second-order valence-corrected chi connectivity index (χ2v) is 5.06. The van der Waals surface area contributed by atoms with Gasteiger partial charge in [-0.1, -0.05) is 67.6 Å². The first-order valence-electron chi connectivity index (χ1n) is 7.28. The molecule has 1 amide bonds. The van der Waals surface area contributed by atoms with Crippen LogP contribution in [-0.2, 0) is 4.79 Å². The minimum atomic E-state index is -0.499. The van der Waals surface area contributed by atoms with Crippen LogP contribution in [0.25, 0.3) is 0 Å². The molecule has 0 bridgehead atoms. The maximum absolute atomic E-state index is 12.5. The molecule has 0 radical (unpaired) electrons. The van der Waals surface area contributed by atoms with E-state index in [-0.39, 0.29) is 18.4 Å². The Morgan fingerprint density at radius 1 is 1.00 bits per heavy atom. The van der Waals surface area contributed by atoms with Crippen molar-refractivity contribution in [3.05, 3.63) is 71.8 Å². The van der Waals surface area contributed by atoms with Crippen molar-refractivity contribution in [2.75, 3.05) is 6.54 Å². The van der Waals surface area contributed by atoms with Gasteiger partial charge in [0.25, 0.3) is 0 Å². The van der Waals surface area contributed by atoms with Crippen molar-refractivity contribution in [3.8, 4) is 0 Å².